The minimum absolute atomic E-state index is 0.0349. The monoisotopic (exact) mass is 557 g/mol. The summed E-state index contributed by atoms with van der Waals surface area (Å²) < 4.78 is 21.8. The van der Waals surface area contributed by atoms with Crippen LogP contribution in [0.25, 0.3) is 5.69 Å². The number of anilines is 1. The van der Waals surface area contributed by atoms with Gasteiger partial charge in [0, 0.05) is 24.2 Å². The first-order valence-corrected chi connectivity index (χ1v) is 13.8. The van der Waals surface area contributed by atoms with E-state index in [-0.39, 0.29) is 29.8 Å². The van der Waals surface area contributed by atoms with Gasteiger partial charge >= 0.3 is 0 Å². The molecule has 0 spiro atoms. The van der Waals surface area contributed by atoms with Crippen molar-refractivity contribution in [3.05, 3.63) is 75.2 Å². The predicted molar refractivity (Wildman–Crippen MR) is 155 cm³/mol. The summed E-state index contributed by atoms with van der Waals surface area (Å²) in [5.41, 5.74) is 15.6. The van der Waals surface area contributed by atoms with Crippen LogP contribution in [-0.4, -0.2) is 40.4 Å². The van der Waals surface area contributed by atoms with Crippen molar-refractivity contribution in [3.8, 4) is 11.4 Å². The third kappa shape index (κ3) is 6.67. The number of benzene rings is 2. The Morgan fingerprint density at radius 3 is 2.56 bits per heavy atom. The fourth-order valence-corrected chi connectivity index (χ4v) is 5.12. The summed E-state index contributed by atoms with van der Waals surface area (Å²) in [5, 5.41) is 3.89. The molecule has 5 N–H and O–H groups in total. The molecule has 5 atom stereocenters. The van der Waals surface area contributed by atoms with Crippen molar-refractivity contribution in [2.75, 3.05) is 11.9 Å². The highest BCUT2D eigenvalue weighted by Gasteiger charge is 2.34. The Morgan fingerprint density at radius 1 is 1.15 bits per heavy atom. The first-order chi connectivity index (χ1) is 18.6. The number of nitrogens with one attached hydrogen (secondary N) is 1. The minimum atomic E-state index is -0.838. The lowest BCUT2D eigenvalue weighted by Crippen LogP contribution is -2.48. The average molecular weight is 558 g/mol. The van der Waals surface area contributed by atoms with Gasteiger partial charge in [0.25, 0.3) is 5.56 Å². The second-order valence-corrected chi connectivity index (χ2v) is 10.9. The maximum Gasteiger partial charge on any atom is 0.295 e. The lowest BCUT2D eigenvalue weighted by atomic mass is 9.92. The van der Waals surface area contributed by atoms with E-state index in [0.29, 0.717) is 28.6 Å². The first kappa shape index (κ1) is 29.2. The van der Waals surface area contributed by atoms with E-state index in [9.17, 15) is 4.79 Å². The lowest BCUT2D eigenvalue weighted by Gasteiger charge is -2.38. The summed E-state index contributed by atoms with van der Waals surface area (Å²) in [7, 11) is 1.88. The van der Waals surface area contributed by atoms with Gasteiger partial charge in [-0.2, -0.15) is 0 Å². The number of ether oxygens (including phenoxy) is 3. The molecule has 1 saturated heterocycles. The van der Waals surface area contributed by atoms with Gasteiger partial charge in [-0.05, 0) is 69.9 Å². The molecule has 1 aliphatic rings. The van der Waals surface area contributed by atoms with E-state index in [0.717, 1.165) is 24.2 Å². The molecular weight excluding hydrogens is 518 g/mol. The number of nitrogens with two attached hydrogens (primary N) is 2. The Kier molecular flexibility index (Phi) is 9.40. The largest absolute Gasteiger partial charge is 0.491 e. The quantitative estimate of drug-likeness (QED) is 0.314. The SMILES string of the molecule is Cc1c(NCC2OC(C(N)OC(N)c3cc(Cl)ccc3OC(C)C)CC[C@@H]2C)c(=O)n(-c2ccccc2)n1C. The van der Waals surface area contributed by atoms with E-state index in [1.807, 2.05) is 62.8 Å². The molecule has 0 aliphatic carbocycles. The van der Waals surface area contributed by atoms with Crippen LogP contribution in [0.4, 0.5) is 5.69 Å². The highest BCUT2D eigenvalue weighted by Crippen LogP contribution is 2.32. The van der Waals surface area contributed by atoms with E-state index in [4.69, 9.17) is 37.3 Å². The van der Waals surface area contributed by atoms with Crippen LogP contribution in [-0.2, 0) is 16.5 Å². The molecule has 39 heavy (non-hydrogen) atoms. The van der Waals surface area contributed by atoms with Crippen LogP contribution in [0.3, 0.4) is 0 Å². The van der Waals surface area contributed by atoms with E-state index < -0.39 is 12.5 Å². The molecular formula is C29H40ClN5O4. The lowest BCUT2D eigenvalue weighted by molar-refractivity contribution is -0.151. The van der Waals surface area contributed by atoms with Gasteiger partial charge in [0.2, 0.25) is 0 Å². The summed E-state index contributed by atoms with van der Waals surface area (Å²) in [6, 6.07) is 14.8. The van der Waals surface area contributed by atoms with Gasteiger partial charge in [0.05, 0.1) is 29.7 Å². The van der Waals surface area contributed by atoms with E-state index in [2.05, 4.69) is 12.2 Å². The number of nitrogens with zero attached hydrogens (tertiary/aromatic N) is 2. The normalized spacial score (nSPS) is 21.1. The fraction of sp³-hybridized carbons (Fsp3) is 0.483. The average Bonchev–Trinajstić information content (AvgIpc) is 3.11. The molecule has 0 radical (unpaired) electrons. The predicted octanol–water partition coefficient (Wildman–Crippen LogP) is 4.48. The zero-order valence-corrected chi connectivity index (χ0v) is 24.0. The molecule has 2 heterocycles. The second-order valence-electron chi connectivity index (χ2n) is 10.5. The van der Waals surface area contributed by atoms with Crippen LogP contribution in [0.2, 0.25) is 5.02 Å². The third-order valence-corrected chi connectivity index (χ3v) is 7.47. The van der Waals surface area contributed by atoms with Gasteiger partial charge in [-0.3, -0.25) is 9.48 Å². The Bertz CT molecular complexity index is 1310. The number of hydrogen-bond acceptors (Lipinski definition) is 7. The molecule has 4 rings (SSSR count). The highest BCUT2D eigenvalue weighted by molar-refractivity contribution is 6.30. The summed E-state index contributed by atoms with van der Waals surface area (Å²) >= 11 is 6.22. The van der Waals surface area contributed by atoms with Crippen molar-refractivity contribution in [2.45, 2.75) is 71.3 Å². The topological polar surface area (TPSA) is 119 Å². The molecule has 212 valence electrons. The molecule has 2 aromatic carbocycles. The maximum atomic E-state index is 13.3. The first-order valence-electron chi connectivity index (χ1n) is 13.4. The van der Waals surface area contributed by atoms with Crippen LogP contribution in [0, 0.1) is 12.8 Å². The number of para-hydroxylation sites is 1. The molecule has 0 saturated carbocycles. The van der Waals surface area contributed by atoms with Gasteiger partial charge in [-0.1, -0.05) is 36.7 Å². The minimum Gasteiger partial charge on any atom is -0.491 e. The molecule has 1 aromatic heterocycles. The van der Waals surface area contributed by atoms with Crippen molar-refractivity contribution >= 4 is 17.3 Å². The maximum absolute atomic E-state index is 13.3. The van der Waals surface area contributed by atoms with Gasteiger partial charge in [-0.25, -0.2) is 4.68 Å². The zero-order chi connectivity index (χ0) is 28.3. The molecule has 1 fully saturated rings. The van der Waals surface area contributed by atoms with Crippen LogP contribution in [0.5, 0.6) is 5.75 Å². The Morgan fingerprint density at radius 2 is 1.87 bits per heavy atom. The molecule has 10 heteroatoms. The van der Waals surface area contributed by atoms with Crippen molar-refractivity contribution < 1.29 is 14.2 Å². The van der Waals surface area contributed by atoms with Gasteiger partial charge in [0.15, 0.2) is 0 Å². The Labute approximate surface area is 235 Å². The van der Waals surface area contributed by atoms with Crippen molar-refractivity contribution in [1.29, 1.82) is 0 Å². The molecule has 0 bridgehead atoms. The zero-order valence-electron chi connectivity index (χ0n) is 23.3. The van der Waals surface area contributed by atoms with Crippen LogP contribution >= 0.6 is 11.6 Å². The molecule has 1 aliphatic heterocycles. The van der Waals surface area contributed by atoms with E-state index in [1.165, 1.54) is 0 Å². The summed E-state index contributed by atoms with van der Waals surface area (Å²) in [6.07, 6.45) is -0.501. The van der Waals surface area contributed by atoms with Gasteiger partial charge in [0.1, 0.15) is 23.9 Å². The second kappa shape index (κ2) is 12.6. The van der Waals surface area contributed by atoms with Crippen LogP contribution in [0.15, 0.2) is 53.3 Å². The van der Waals surface area contributed by atoms with Crippen molar-refractivity contribution in [3.63, 3.8) is 0 Å². The fourth-order valence-electron chi connectivity index (χ4n) is 4.94. The summed E-state index contributed by atoms with van der Waals surface area (Å²) in [6.45, 7) is 8.41. The standard InChI is InChI=1S/C29H40ClN5O4/c1-17(2)37-23-14-12-20(30)15-22(23)27(31)39-28(32)24-13-11-18(3)25(38-24)16-33-26-19(4)34(5)35(29(26)36)21-9-7-6-8-10-21/h6-10,12,14-15,17-18,24-25,27-28,33H,11,13,16,31-32H2,1-5H3/t18-,24?,25?,27?,28?/m0/s1. The molecule has 4 unspecified atom stereocenters. The van der Waals surface area contributed by atoms with Gasteiger partial charge < -0.3 is 31.0 Å². The van der Waals surface area contributed by atoms with E-state index >= 15 is 0 Å². The van der Waals surface area contributed by atoms with Crippen molar-refractivity contribution in [1.82, 2.24) is 9.36 Å². The molecule has 0 amide bonds. The molecule has 3 aromatic rings. The number of hydrogen-bond donors (Lipinski definition) is 3. The Balaban J connectivity index is 1.42. The number of rotatable bonds is 10. The third-order valence-electron chi connectivity index (χ3n) is 7.24. The smallest absolute Gasteiger partial charge is 0.295 e. The summed E-state index contributed by atoms with van der Waals surface area (Å²) in [4.78, 5) is 13.3. The number of aromatic nitrogens is 2. The Hall–Kier alpha value is -2.82. The van der Waals surface area contributed by atoms with Crippen LogP contribution < -0.4 is 27.1 Å². The van der Waals surface area contributed by atoms with Crippen LogP contribution in [0.1, 0.15) is 51.1 Å². The van der Waals surface area contributed by atoms with Gasteiger partial charge in [-0.15, -0.1) is 0 Å². The molecule has 9 nitrogen and oxygen atoms in total. The number of halogens is 1. The van der Waals surface area contributed by atoms with Crippen molar-refractivity contribution in [2.24, 2.45) is 24.4 Å². The summed E-state index contributed by atoms with van der Waals surface area (Å²) in [5.74, 6) is 0.878. The van der Waals surface area contributed by atoms with E-state index in [1.54, 1.807) is 22.9 Å². The highest BCUT2D eigenvalue weighted by atomic mass is 35.5.